The average Bonchev–Trinajstić information content (AvgIpc) is 2.92. The summed E-state index contributed by atoms with van der Waals surface area (Å²) in [6, 6.07) is 10.6. The number of carbonyl (C=O) groups is 1. The van der Waals surface area contributed by atoms with Crippen LogP contribution in [0.15, 0.2) is 34.7 Å². The molecule has 1 aliphatic carbocycles. The van der Waals surface area contributed by atoms with Gasteiger partial charge in [0.25, 0.3) is 0 Å². The van der Waals surface area contributed by atoms with Crippen molar-refractivity contribution in [2.24, 2.45) is 5.92 Å². The molecule has 0 bridgehead atoms. The first kappa shape index (κ1) is 14.1. The molecule has 4 nitrogen and oxygen atoms in total. The molecule has 1 atom stereocenters. The molecule has 1 aromatic carbocycles. The van der Waals surface area contributed by atoms with Gasteiger partial charge in [-0.25, -0.2) is 0 Å². The Bertz CT molecular complexity index is 593. The van der Waals surface area contributed by atoms with Crippen LogP contribution < -0.4 is 5.32 Å². The standard InChI is InChI=1S/C17H21NO3/c1-11(16-10-13-4-2-3-5-15(13)21-16)18-14-8-6-12(7-9-14)17(19)20/h2-5,10-12,14,18H,6-9H2,1H3,(H,19,20)/t11-,12?,14?/m1/s1. The molecule has 1 aliphatic rings. The van der Waals surface area contributed by atoms with E-state index in [9.17, 15) is 4.79 Å². The molecule has 0 saturated heterocycles. The van der Waals surface area contributed by atoms with Crippen molar-refractivity contribution >= 4 is 16.9 Å². The quantitative estimate of drug-likeness (QED) is 0.899. The highest BCUT2D eigenvalue weighted by atomic mass is 16.4. The van der Waals surface area contributed by atoms with Crippen molar-refractivity contribution in [3.63, 3.8) is 0 Å². The highest BCUT2D eigenvalue weighted by molar-refractivity contribution is 5.77. The van der Waals surface area contributed by atoms with Crippen molar-refractivity contribution in [1.29, 1.82) is 0 Å². The summed E-state index contributed by atoms with van der Waals surface area (Å²) < 4.78 is 5.87. The van der Waals surface area contributed by atoms with Crippen LogP contribution in [-0.2, 0) is 4.79 Å². The number of aliphatic carboxylic acids is 1. The molecule has 1 saturated carbocycles. The van der Waals surface area contributed by atoms with Gasteiger partial charge in [-0.3, -0.25) is 4.79 Å². The molecule has 1 aromatic heterocycles. The van der Waals surface area contributed by atoms with Gasteiger partial charge in [0.15, 0.2) is 0 Å². The molecule has 0 spiro atoms. The van der Waals surface area contributed by atoms with Gasteiger partial charge in [0.1, 0.15) is 11.3 Å². The van der Waals surface area contributed by atoms with Crippen LogP contribution in [-0.4, -0.2) is 17.1 Å². The van der Waals surface area contributed by atoms with E-state index in [1.165, 1.54) is 0 Å². The van der Waals surface area contributed by atoms with Crippen molar-refractivity contribution in [1.82, 2.24) is 5.32 Å². The Hall–Kier alpha value is -1.81. The van der Waals surface area contributed by atoms with Crippen LogP contribution in [0.1, 0.15) is 44.4 Å². The second-order valence-electron chi connectivity index (χ2n) is 5.96. The Morgan fingerprint density at radius 1 is 1.29 bits per heavy atom. The van der Waals surface area contributed by atoms with Gasteiger partial charge >= 0.3 is 5.97 Å². The normalized spacial score (nSPS) is 24.0. The first-order valence-corrected chi connectivity index (χ1v) is 7.61. The second-order valence-corrected chi connectivity index (χ2v) is 5.96. The minimum Gasteiger partial charge on any atom is -0.481 e. The zero-order chi connectivity index (χ0) is 14.8. The van der Waals surface area contributed by atoms with Gasteiger partial charge in [-0.2, -0.15) is 0 Å². The highest BCUT2D eigenvalue weighted by Gasteiger charge is 2.27. The van der Waals surface area contributed by atoms with Crippen LogP contribution in [0.2, 0.25) is 0 Å². The molecule has 2 aromatic rings. The Morgan fingerprint density at radius 2 is 2.00 bits per heavy atom. The van der Waals surface area contributed by atoms with Gasteiger partial charge in [-0.1, -0.05) is 18.2 Å². The van der Waals surface area contributed by atoms with E-state index in [4.69, 9.17) is 9.52 Å². The van der Waals surface area contributed by atoms with E-state index < -0.39 is 5.97 Å². The largest absolute Gasteiger partial charge is 0.481 e. The monoisotopic (exact) mass is 287 g/mol. The number of rotatable bonds is 4. The molecule has 0 radical (unpaired) electrons. The van der Waals surface area contributed by atoms with E-state index in [0.717, 1.165) is 42.4 Å². The maximum Gasteiger partial charge on any atom is 0.306 e. The fraction of sp³-hybridized carbons (Fsp3) is 0.471. The van der Waals surface area contributed by atoms with Crippen LogP contribution in [0.25, 0.3) is 11.0 Å². The molecule has 1 fully saturated rings. The lowest BCUT2D eigenvalue weighted by molar-refractivity contribution is -0.142. The first-order valence-electron chi connectivity index (χ1n) is 7.61. The lowest BCUT2D eigenvalue weighted by Crippen LogP contribution is -2.36. The van der Waals surface area contributed by atoms with Gasteiger partial charge in [0.05, 0.1) is 12.0 Å². The Labute approximate surface area is 124 Å². The third-order valence-corrected chi connectivity index (χ3v) is 4.43. The number of para-hydroxylation sites is 1. The van der Waals surface area contributed by atoms with E-state index >= 15 is 0 Å². The Kier molecular flexibility index (Phi) is 3.97. The van der Waals surface area contributed by atoms with Gasteiger partial charge in [0.2, 0.25) is 0 Å². The molecule has 2 N–H and O–H groups in total. The summed E-state index contributed by atoms with van der Waals surface area (Å²) in [6.45, 7) is 2.10. The van der Waals surface area contributed by atoms with Crippen molar-refractivity contribution in [3.8, 4) is 0 Å². The fourth-order valence-corrected chi connectivity index (χ4v) is 3.16. The average molecular weight is 287 g/mol. The number of benzene rings is 1. The van der Waals surface area contributed by atoms with Gasteiger partial charge in [-0.05, 0) is 44.7 Å². The van der Waals surface area contributed by atoms with Crippen LogP contribution >= 0.6 is 0 Å². The van der Waals surface area contributed by atoms with E-state index in [-0.39, 0.29) is 12.0 Å². The zero-order valence-corrected chi connectivity index (χ0v) is 12.2. The number of furan rings is 1. The van der Waals surface area contributed by atoms with Crippen LogP contribution in [0.4, 0.5) is 0 Å². The van der Waals surface area contributed by atoms with Gasteiger partial charge in [-0.15, -0.1) is 0 Å². The lowest BCUT2D eigenvalue weighted by atomic mass is 9.86. The number of carboxylic acid groups (broad SMARTS) is 1. The van der Waals surface area contributed by atoms with Gasteiger partial charge < -0.3 is 14.8 Å². The predicted molar refractivity (Wildman–Crippen MR) is 81.1 cm³/mol. The Morgan fingerprint density at radius 3 is 2.67 bits per heavy atom. The van der Waals surface area contributed by atoms with E-state index in [1.807, 2.05) is 24.3 Å². The third-order valence-electron chi connectivity index (χ3n) is 4.43. The SMILES string of the molecule is C[C@@H](NC1CCC(C(=O)O)CC1)c1cc2ccccc2o1. The molecular weight excluding hydrogens is 266 g/mol. The molecule has 4 heteroatoms. The number of hydrogen-bond acceptors (Lipinski definition) is 3. The molecule has 0 amide bonds. The molecule has 112 valence electrons. The first-order chi connectivity index (χ1) is 10.1. The summed E-state index contributed by atoms with van der Waals surface area (Å²) in [5, 5.41) is 13.7. The summed E-state index contributed by atoms with van der Waals surface area (Å²) in [5.74, 6) is 0.125. The van der Waals surface area contributed by atoms with Crippen molar-refractivity contribution in [2.75, 3.05) is 0 Å². The summed E-state index contributed by atoms with van der Waals surface area (Å²) in [4.78, 5) is 11.0. The van der Waals surface area contributed by atoms with E-state index in [1.54, 1.807) is 0 Å². The second kappa shape index (κ2) is 5.90. The summed E-state index contributed by atoms with van der Waals surface area (Å²) in [6.07, 6.45) is 3.36. The summed E-state index contributed by atoms with van der Waals surface area (Å²) in [7, 11) is 0. The third kappa shape index (κ3) is 3.10. The highest BCUT2D eigenvalue weighted by Crippen LogP contribution is 2.28. The number of fused-ring (bicyclic) bond motifs is 1. The molecular formula is C17H21NO3. The molecule has 1 heterocycles. The predicted octanol–water partition coefficient (Wildman–Crippen LogP) is 3.73. The molecule has 3 rings (SSSR count). The molecule has 0 aliphatic heterocycles. The maximum absolute atomic E-state index is 11.0. The number of hydrogen-bond donors (Lipinski definition) is 2. The lowest BCUT2D eigenvalue weighted by Gasteiger charge is -2.28. The van der Waals surface area contributed by atoms with Gasteiger partial charge in [0, 0.05) is 11.4 Å². The number of carboxylic acids is 1. The van der Waals surface area contributed by atoms with Crippen LogP contribution in [0.3, 0.4) is 0 Å². The topological polar surface area (TPSA) is 62.5 Å². The minimum atomic E-state index is -0.654. The van der Waals surface area contributed by atoms with Crippen molar-refractivity contribution < 1.29 is 14.3 Å². The van der Waals surface area contributed by atoms with E-state index in [0.29, 0.717) is 6.04 Å². The number of nitrogens with one attached hydrogen (secondary N) is 1. The Balaban J connectivity index is 1.61. The van der Waals surface area contributed by atoms with Crippen LogP contribution in [0, 0.1) is 5.92 Å². The minimum absolute atomic E-state index is 0.142. The van der Waals surface area contributed by atoms with Crippen LogP contribution in [0.5, 0.6) is 0 Å². The summed E-state index contributed by atoms with van der Waals surface area (Å²) in [5.41, 5.74) is 0.913. The maximum atomic E-state index is 11.0. The smallest absolute Gasteiger partial charge is 0.306 e. The molecule has 0 unspecified atom stereocenters. The van der Waals surface area contributed by atoms with E-state index in [2.05, 4.69) is 18.3 Å². The molecule has 21 heavy (non-hydrogen) atoms. The van der Waals surface area contributed by atoms with Crippen molar-refractivity contribution in [2.45, 2.75) is 44.7 Å². The fourth-order valence-electron chi connectivity index (χ4n) is 3.16. The zero-order valence-electron chi connectivity index (χ0n) is 12.2. The van der Waals surface area contributed by atoms with Crippen molar-refractivity contribution in [3.05, 3.63) is 36.1 Å². The summed E-state index contributed by atoms with van der Waals surface area (Å²) >= 11 is 0.